The van der Waals surface area contributed by atoms with E-state index in [2.05, 4.69) is 4.98 Å². The quantitative estimate of drug-likeness (QED) is 0.873. The van der Waals surface area contributed by atoms with Crippen molar-refractivity contribution < 1.29 is 14.6 Å². The molecule has 0 saturated carbocycles. The topological polar surface area (TPSA) is 62.7 Å². The molecule has 0 bridgehead atoms. The average molecular weight is 248 g/mol. The maximum atomic E-state index is 11.3. The summed E-state index contributed by atoms with van der Waals surface area (Å²) >= 11 is 0. The van der Waals surface area contributed by atoms with Gasteiger partial charge in [-0.15, -0.1) is 0 Å². The van der Waals surface area contributed by atoms with Crippen LogP contribution in [0.4, 0.5) is 4.79 Å². The average Bonchev–Trinajstić information content (AvgIpc) is 2.38. The molecule has 1 unspecified atom stereocenters. The third-order valence-electron chi connectivity index (χ3n) is 2.97. The maximum absolute atomic E-state index is 11.3. The summed E-state index contributed by atoms with van der Waals surface area (Å²) < 4.78 is 5.11. The number of hydrogen-bond donors (Lipinski definition) is 1. The van der Waals surface area contributed by atoms with E-state index in [1.54, 1.807) is 25.6 Å². The fourth-order valence-electron chi connectivity index (χ4n) is 2.03. The molecular weight excluding hydrogens is 232 g/mol. The molecule has 5 heteroatoms. The number of pyridine rings is 1. The van der Waals surface area contributed by atoms with Crippen LogP contribution < -0.4 is 4.74 Å². The van der Waals surface area contributed by atoms with Crippen LogP contribution in [-0.4, -0.2) is 34.7 Å². The minimum atomic E-state index is -0.935. The Morgan fingerprint density at radius 3 is 3.00 bits per heavy atom. The van der Waals surface area contributed by atoms with Crippen LogP contribution in [0.15, 0.2) is 24.5 Å². The van der Waals surface area contributed by atoms with E-state index < -0.39 is 6.09 Å². The molecule has 1 aromatic heterocycles. The fourth-order valence-corrected chi connectivity index (χ4v) is 2.03. The Kier molecular flexibility index (Phi) is 3.50. The van der Waals surface area contributed by atoms with Gasteiger partial charge in [0.2, 0.25) is 0 Å². The molecule has 1 amide bonds. The van der Waals surface area contributed by atoms with E-state index in [4.69, 9.17) is 4.74 Å². The molecule has 0 fully saturated rings. The van der Waals surface area contributed by atoms with Gasteiger partial charge in [-0.05, 0) is 18.4 Å². The van der Waals surface area contributed by atoms with Crippen molar-refractivity contribution in [1.29, 1.82) is 0 Å². The number of nitrogens with zero attached hydrogens (tertiary/aromatic N) is 2. The second kappa shape index (κ2) is 5.08. The van der Waals surface area contributed by atoms with Crippen LogP contribution in [0, 0.1) is 5.92 Å². The van der Waals surface area contributed by atoms with Crippen LogP contribution in [-0.2, 0) is 0 Å². The van der Waals surface area contributed by atoms with Crippen molar-refractivity contribution >= 4 is 11.8 Å². The molecule has 0 radical (unpaired) electrons. The van der Waals surface area contributed by atoms with E-state index in [1.807, 2.05) is 13.0 Å². The first kappa shape index (κ1) is 12.4. The monoisotopic (exact) mass is 248 g/mol. The van der Waals surface area contributed by atoms with Crippen molar-refractivity contribution in [2.75, 3.05) is 13.7 Å². The highest BCUT2D eigenvalue weighted by molar-refractivity contribution is 5.81. The van der Waals surface area contributed by atoms with Crippen molar-refractivity contribution in [3.63, 3.8) is 0 Å². The second-order valence-electron chi connectivity index (χ2n) is 4.44. The van der Waals surface area contributed by atoms with Crippen molar-refractivity contribution in [3.05, 3.63) is 30.1 Å². The lowest BCUT2D eigenvalue weighted by molar-refractivity contribution is 0.159. The molecule has 18 heavy (non-hydrogen) atoms. The Morgan fingerprint density at radius 2 is 2.33 bits per heavy atom. The summed E-state index contributed by atoms with van der Waals surface area (Å²) in [5.74, 6) is 0.959. The third kappa shape index (κ3) is 2.45. The molecule has 2 heterocycles. The normalized spacial score (nSPS) is 19.3. The van der Waals surface area contributed by atoms with Gasteiger partial charge in [-0.1, -0.05) is 13.0 Å². The van der Waals surface area contributed by atoms with E-state index in [9.17, 15) is 9.90 Å². The molecule has 1 atom stereocenters. The van der Waals surface area contributed by atoms with Gasteiger partial charge in [-0.25, -0.2) is 4.79 Å². The van der Waals surface area contributed by atoms with Crippen molar-refractivity contribution in [3.8, 4) is 5.75 Å². The SMILES string of the molecule is COc1cncc(C2=CCC(C)CN2C(=O)O)c1. The number of amides is 1. The lowest BCUT2D eigenvalue weighted by Gasteiger charge is -2.29. The molecule has 5 nitrogen and oxygen atoms in total. The highest BCUT2D eigenvalue weighted by Crippen LogP contribution is 2.28. The number of methoxy groups -OCH3 is 1. The molecule has 0 aliphatic carbocycles. The van der Waals surface area contributed by atoms with Gasteiger partial charge >= 0.3 is 6.09 Å². The van der Waals surface area contributed by atoms with Gasteiger partial charge < -0.3 is 9.84 Å². The standard InChI is InChI=1S/C13H16N2O3/c1-9-3-4-12(15(8-9)13(16)17)10-5-11(18-2)7-14-6-10/h4-7,9H,3,8H2,1-2H3,(H,16,17). The van der Waals surface area contributed by atoms with E-state index >= 15 is 0 Å². The zero-order valence-electron chi connectivity index (χ0n) is 10.5. The van der Waals surface area contributed by atoms with E-state index in [0.717, 1.165) is 12.0 Å². The largest absolute Gasteiger partial charge is 0.495 e. The Labute approximate surface area is 106 Å². The molecule has 1 aliphatic heterocycles. The lowest BCUT2D eigenvalue weighted by atomic mass is 9.99. The van der Waals surface area contributed by atoms with Crippen molar-refractivity contribution in [1.82, 2.24) is 9.88 Å². The molecule has 96 valence electrons. The number of allylic oxidation sites excluding steroid dienone is 1. The Balaban J connectivity index is 2.37. The van der Waals surface area contributed by atoms with Crippen LogP contribution in [0.1, 0.15) is 18.9 Å². The number of carbonyl (C=O) groups is 1. The van der Waals surface area contributed by atoms with Gasteiger partial charge in [-0.2, -0.15) is 0 Å². The minimum absolute atomic E-state index is 0.336. The van der Waals surface area contributed by atoms with Crippen LogP contribution in [0.2, 0.25) is 0 Å². The molecule has 0 aromatic carbocycles. The first-order valence-corrected chi connectivity index (χ1v) is 5.82. The predicted octanol–water partition coefficient (Wildman–Crippen LogP) is 2.45. The molecule has 1 aliphatic rings. The molecule has 2 rings (SSSR count). The molecular formula is C13H16N2O3. The van der Waals surface area contributed by atoms with Crippen molar-refractivity contribution in [2.45, 2.75) is 13.3 Å². The van der Waals surface area contributed by atoms with Crippen LogP contribution in [0.3, 0.4) is 0 Å². The van der Waals surface area contributed by atoms with E-state index in [0.29, 0.717) is 23.9 Å². The van der Waals surface area contributed by atoms with Gasteiger partial charge in [0.1, 0.15) is 5.75 Å². The van der Waals surface area contributed by atoms with Crippen LogP contribution in [0.5, 0.6) is 5.75 Å². The summed E-state index contributed by atoms with van der Waals surface area (Å²) in [5.41, 5.74) is 1.45. The fraction of sp³-hybridized carbons (Fsp3) is 0.385. The van der Waals surface area contributed by atoms with E-state index in [-0.39, 0.29) is 0 Å². The maximum Gasteiger partial charge on any atom is 0.411 e. The zero-order chi connectivity index (χ0) is 13.1. The highest BCUT2D eigenvalue weighted by Gasteiger charge is 2.24. The number of carboxylic acid groups (broad SMARTS) is 1. The van der Waals surface area contributed by atoms with Crippen LogP contribution >= 0.6 is 0 Å². The molecule has 0 saturated heterocycles. The predicted molar refractivity (Wildman–Crippen MR) is 67.3 cm³/mol. The third-order valence-corrected chi connectivity index (χ3v) is 2.97. The van der Waals surface area contributed by atoms with Gasteiger partial charge in [0.25, 0.3) is 0 Å². The first-order chi connectivity index (χ1) is 8.61. The summed E-state index contributed by atoms with van der Waals surface area (Å²) in [6.07, 6.45) is 5.13. The summed E-state index contributed by atoms with van der Waals surface area (Å²) in [6, 6.07) is 1.80. The zero-order valence-corrected chi connectivity index (χ0v) is 10.5. The van der Waals surface area contributed by atoms with Gasteiger partial charge in [0, 0.05) is 18.3 Å². The van der Waals surface area contributed by atoms with Gasteiger partial charge in [0.15, 0.2) is 0 Å². The molecule has 1 N–H and O–H groups in total. The van der Waals surface area contributed by atoms with Gasteiger partial charge in [-0.3, -0.25) is 9.88 Å². The van der Waals surface area contributed by atoms with Crippen molar-refractivity contribution in [2.24, 2.45) is 5.92 Å². The summed E-state index contributed by atoms with van der Waals surface area (Å²) in [7, 11) is 1.56. The van der Waals surface area contributed by atoms with Gasteiger partial charge in [0.05, 0.1) is 19.0 Å². The Hall–Kier alpha value is -2.04. The summed E-state index contributed by atoms with van der Waals surface area (Å²) in [6.45, 7) is 2.55. The minimum Gasteiger partial charge on any atom is -0.495 e. The molecule has 1 aromatic rings. The first-order valence-electron chi connectivity index (χ1n) is 5.82. The van der Waals surface area contributed by atoms with E-state index in [1.165, 1.54) is 4.90 Å². The lowest BCUT2D eigenvalue weighted by Crippen LogP contribution is -2.34. The number of hydrogen-bond acceptors (Lipinski definition) is 3. The summed E-state index contributed by atoms with van der Waals surface area (Å²) in [4.78, 5) is 16.7. The molecule has 0 spiro atoms. The summed E-state index contributed by atoms with van der Waals surface area (Å²) in [5, 5.41) is 9.25. The second-order valence-corrected chi connectivity index (χ2v) is 4.44. The smallest absolute Gasteiger partial charge is 0.411 e. The Morgan fingerprint density at radius 1 is 1.56 bits per heavy atom. The number of rotatable bonds is 2. The number of ether oxygens (including phenoxy) is 1. The number of aromatic nitrogens is 1. The highest BCUT2D eigenvalue weighted by atomic mass is 16.5. The Bertz CT molecular complexity index is 485. The van der Waals surface area contributed by atoms with Crippen LogP contribution in [0.25, 0.3) is 5.70 Å².